The van der Waals surface area contributed by atoms with Crippen molar-refractivity contribution in [1.82, 2.24) is 0 Å². The second-order valence-electron chi connectivity index (χ2n) is 2.59. The van der Waals surface area contributed by atoms with Crippen molar-refractivity contribution in [3.05, 3.63) is 29.8 Å². The zero-order valence-corrected chi connectivity index (χ0v) is 7.69. The maximum Gasteiger partial charge on any atom is 0.493 e. The van der Waals surface area contributed by atoms with Gasteiger partial charge in [0.2, 0.25) is 0 Å². The number of benzene rings is 1. The predicted octanol–water partition coefficient (Wildman–Crippen LogP) is 0.487. The highest BCUT2D eigenvalue weighted by atomic mass is 16.6. The van der Waals surface area contributed by atoms with E-state index in [2.05, 4.69) is 0 Å². The first kappa shape index (κ1) is 9.96. The Labute approximate surface area is 77.8 Å². The molecule has 0 saturated heterocycles. The van der Waals surface area contributed by atoms with Gasteiger partial charge in [0, 0.05) is 19.8 Å². The highest BCUT2D eigenvalue weighted by molar-refractivity contribution is 6.61. The Kier molecular flexibility index (Phi) is 3.67. The Bertz CT molecular complexity index is 267. The van der Waals surface area contributed by atoms with Crippen LogP contribution in [0.25, 0.3) is 0 Å². The van der Waals surface area contributed by atoms with E-state index in [0.29, 0.717) is 5.56 Å². The van der Waals surface area contributed by atoms with Crippen molar-refractivity contribution in [2.75, 3.05) is 14.2 Å². The fourth-order valence-corrected chi connectivity index (χ4v) is 1.10. The third-order valence-corrected chi connectivity index (χ3v) is 1.77. The molecule has 0 unspecified atom stereocenters. The van der Waals surface area contributed by atoms with Crippen LogP contribution >= 0.6 is 0 Å². The number of carbonyl (C=O) groups is 1. The van der Waals surface area contributed by atoms with E-state index in [1.54, 1.807) is 38.5 Å². The van der Waals surface area contributed by atoms with Gasteiger partial charge in [-0.1, -0.05) is 24.3 Å². The molecule has 13 heavy (non-hydrogen) atoms. The molecule has 3 nitrogen and oxygen atoms in total. The summed E-state index contributed by atoms with van der Waals surface area (Å²) in [5.41, 5.74) is 1.55. The van der Waals surface area contributed by atoms with Crippen LogP contribution < -0.4 is 5.46 Å². The Balaban J connectivity index is 2.83. The van der Waals surface area contributed by atoms with Crippen LogP contribution in [0.1, 0.15) is 10.4 Å². The van der Waals surface area contributed by atoms with Crippen LogP contribution in [0.3, 0.4) is 0 Å². The van der Waals surface area contributed by atoms with Crippen LogP contribution in [-0.4, -0.2) is 27.6 Å². The zero-order valence-electron chi connectivity index (χ0n) is 7.69. The van der Waals surface area contributed by atoms with Gasteiger partial charge in [-0.3, -0.25) is 4.79 Å². The van der Waals surface area contributed by atoms with Gasteiger partial charge < -0.3 is 9.31 Å². The summed E-state index contributed by atoms with van der Waals surface area (Å²) in [6, 6.07) is 7.07. The Hall–Kier alpha value is -1.13. The van der Waals surface area contributed by atoms with E-state index in [9.17, 15) is 4.79 Å². The van der Waals surface area contributed by atoms with E-state index in [-0.39, 0.29) is 7.12 Å². The smallest absolute Gasteiger partial charge is 0.410 e. The third-order valence-electron chi connectivity index (χ3n) is 1.77. The van der Waals surface area contributed by atoms with Crippen molar-refractivity contribution in [2.45, 2.75) is 0 Å². The Morgan fingerprint density at radius 2 is 1.69 bits per heavy atom. The van der Waals surface area contributed by atoms with Gasteiger partial charge in [-0.25, -0.2) is 0 Å². The van der Waals surface area contributed by atoms with Gasteiger partial charge >= 0.3 is 7.12 Å². The van der Waals surface area contributed by atoms with Crippen LogP contribution in [-0.2, 0) is 9.31 Å². The minimum absolute atomic E-state index is 0.360. The maximum absolute atomic E-state index is 10.4. The highest BCUT2D eigenvalue weighted by Crippen LogP contribution is 1.95. The quantitative estimate of drug-likeness (QED) is 0.497. The monoisotopic (exact) mass is 178 g/mol. The number of hydrogen-bond acceptors (Lipinski definition) is 3. The fourth-order valence-electron chi connectivity index (χ4n) is 1.10. The third kappa shape index (κ3) is 2.40. The zero-order chi connectivity index (χ0) is 9.68. The second kappa shape index (κ2) is 4.79. The van der Waals surface area contributed by atoms with E-state index in [1.165, 1.54) is 0 Å². The van der Waals surface area contributed by atoms with E-state index < -0.39 is 0 Å². The molecule has 0 amide bonds. The van der Waals surface area contributed by atoms with E-state index >= 15 is 0 Å². The molecule has 1 rings (SSSR count). The number of rotatable bonds is 4. The lowest BCUT2D eigenvalue weighted by molar-refractivity contribution is 0.112. The molecule has 68 valence electrons. The van der Waals surface area contributed by atoms with Crippen LogP contribution in [0.5, 0.6) is 0 Å². The second-order valence-corrected chi connectivity index (χ2v) is 2.59. The summed E-state index contributed by atoms with van der Waals surface area (Å²) in [5.74, 6) is 0. The van der Waals surface area contributed by atoms with Gasteiger partial charge in [0.15, 0.2) is 0 Å². The molecular weight excluding hydrogens is 167 g/mol. The van der Waals surface area contributed by atoms with Crippen molar-refractivity contribution >= 4 is 18.9 Å². The summed E-state index contributed by atoms with van der Waals surface area (Å²) < 4.78 is 10.1. The largest absolute Gasteiger partial charge is 0.493 e. The predicted molar refractivity (Wildman–Crippen MR) is 51.2 cm³/mol. The molecule has 1 aromatic carbocycles. The molecular formula is C9H11BO3. The summed E-state index contributed by atoms with van der Waals surface area (Å²) in [6.45, 7) is 0. The van der Waals surface area contributed by atoms with Gasteiger partial charge in [-0.05, 0) is 5.46 Å². The lowest BCUT2D eigenvalue weighted by Gasteiger charge is -2.07. The topological polar surface area (TPSA) is 35.5 Å². The molecule has 1 aromatic rings. The Morgan fingerprint density at radius 3 is 2.08 bits per heavy atom. The van der Waals surface area contributed by atoms with Crippen molar-refractivity contribution in [3.8, 4) is 0 Å². The summed E-state index contributed by atoms with van der Waals surface area (Å²) in [5, 5.41) is 0. The fraction of sp³-hybridized carbons (Fsp3) is 0.222. The number of aldehydes is 1. The van der Waals surface area contributed by atoms with Crippen molar-refractivity contribution < 1.29 is 14.1 Å². The van der Waals surface area contributed by atoms with Crippen molar-refractivity contribution in [1.29, 1.82) is 0 Å². The van der Waals surface area contributed by atoms with Crippen LogP contribution in [0, 0.1) is 0 Å². The minimum Gasteiger partial charge on any atom is -0.410 e. The number of hydrogen-bond donors (Lipinski definition) is 0. The van der Waals surface area contributed by atoms with Crippen LogP contribution in [0.2, 0.25) is 0 Å². The highest BCUT2D eigenvalue weighted by Gasteiger charge is 2.16. The molecule has 0 bridgehead atoms. The van der Waals surface area contributed by atoms with Gasteiger partial charge in [0.1, 0.15) is 6.29 Å². The van der Waals surface area contributed by atoms with Crippen LogP contribution in [0.15, 0.2) is 24.3 Å². The molecule has 0 fully saturated rings. The van der Waals surface area contributed by atoms with Gasteiger partial charge in [0.05, 0.1) is 0 Å². The first-order chi connectivity index (χ1) is 6.31. The summed E-state index contributed by atoms with van der Waals surface area (Å²) >= 11 is 0. The van der Waals surface area contributed by atoms with E-state index in [4.69, 9.17) is 9.31 Å². The van der Waals surface area contributed by atoms with Crippen LogP contribution in [0.4, 0.5) is 0 Å². The van der Waals surface area contributed by atoms with Crippen molar-refractivity contribution in [2.24, 2.45) is 0 Å². The molecule has 0 saturated carbocycles. The molecule has 0 aliphatic carbocycles. The molecule has 0 aliphatic heterocycles. The average Bonchev–Trinajstić information content (AvgIpc) is 2.21. The minimum atomic E-state index is -0.360. The average molecular weight is 178 g/mol. The van der Waals surface area contributed by atoms with E-state index in [0.717, 1.165) is 11.7 Å². The molecule has 0 aliphatic rings. The SMILES string of the molecule is COB(OC)c1ccc(C=O)cc1. The first-order valence-electron chi connectivity index (χ1n) is 3.92. The molecule has 0 spiro atoms. The standard InChI is InChI=1S/C9H11BO3/c1-12-10(13-2)9-5-3-8(7-11)4-6-9/h3-7H,1-2H3. The van der Waals surface area contributed by atoms with Gasteiger partial charge in [0.25, 0.3) is 0 Å². The molecule has 0 aromatic heterocycles. The summed E-state index contributed by atoms with van der Waals surface area (Å²) in [6.07, 6.45) is 0.804. The van der Waals surface area contributed by atoms with Gasteiger partial charge in [-0.15, -0.1) is 0 Å². The molecule has 0 N–H and O–H groups in total. The van der Waals surface area contributed by atoms with E-state index in [1.807, 2.05) is 0 Å². The van der Waals surface area contributed by atoms with Gasteiger partial charge in [-0.2, -0.15) is 0 Å². The number of carbonyl (C=O) groups excluding carboxylic acids is 1. The molecule has 0 atom stereocenters. The Morgan fingerprint density at radius 1 is 1.15 bits per heavy atom. The maximum atomic E-state index is 10.4. The summed E-state index contributed by atoms with van der Waals surface area (Å²) in [7, 11) is 2.78. The molecule has 0 radical (unpaired) electrons. The summed E-state index contributed by atoms with van der Waals surface area (Å²) in [4.78, 5) is 10.4. The normalized spacial score (nSPS) is 9.69. The van der Waals surface area contributed by atoms with Crippen molar-refractivity contribution in [3.63, 3.8) is 0 Å². The first-order valence-corrected chi connectivity index (χ1v) is 3.92. The lowest BCUT2D eigenvalue weighted by atomic mass is 9.79. The molecule has 4 heteroatoms. The molecule has 0 heterocycles. The lowest BCUT2D eigenvalue weighted by Crippen LogP contribution is -2.34.